The van der Waals surface area contributed by atoms with E-state index in [1.54, 1.807) is 14.2 Å². The number of aromatic hydroxyl groups is 1. The van der Waals surface area contributed by atoms with E-state index >= 15 is 0 Å². The summed E-state index contributed by atoms with van der Waals surface area (Å²) in [6, 6.07) is 4.05. The lowest BCUT2D eigenvalue weighted by Gasteiger charge is -2.25. The maximum absolute atomic E-state index is 10.1. The Labute approximate surface area is 148 Å². The van der Waals surface area contributed by atoms with E-state index in [2.05, 4.69) is 17.0 Å². The monoisotopic (exact) mass is 346 g/mol. The van der Waals surface area contributed by atoms with Crippen molar-refractivity contribution in [1.82, 2.24) is 10.1 Å². The fourth-order valence-electron chi connectivity index (χ4n) is 3.72. The largest absolute Gasteiger partial charge is 0.502 e. The molecule has 0 aliphatic carbocycles. The van der Waals surface area contributed by atoms with Crippen LogP contribution in [-0.4, -0.2) is 35.9 Å². The maximum atomic E-state index is 10.1. The van der Waals surface area contributed by atoms with Gasteiger partial charge in [-0.15, -0.1) is 0 Å². The Bertz CT molecular complexity index is 716. The van der Waals surface area contributed by atoms with E-state index in [0.29, 0.717) is 17.5 Å². The number of phenols is 1. The summed E-state index contributed by atoms with van der Waals surface area (Å²) in [5, 5.41) is 14.3. The van der Waals surface area contributed by atoms with Crippen LogP contribution in [0.2, 0.25) is 0 Å². The van der Waals surface area contributed by atoms with Crippen LogP contribution in [0, 0.1) is 6.92 Å². The zero-order chi connectivity index (χ0) is 18.0. The SMILES string of the molecule is CCc1onc(C)c1[C@H]1CCCN1Cc1cc(OC)c(O)c(OC)c1. The van der Waals surface area contributed by atoms with Crippen LogP contribution in [0.1, 0.15) is 48.4 Å². The van der Waals surface area contributed by atoms with E-state index in [4.69, 9.17) is 14.0 Å². The summed E-state index contributed by atoms with van der Waals surface area (Å²) in [6.45, 7) is 5.88. The molecule has 0 amide bonds. The molecule has 6 heteroatoms. The zero-order valence-electron chi connectivity index (χ0n) is 15.3. The number of aromatic nitrogens is 1. The Morgan fingerprint density at radius 2 is 1.96 bits per heavy atom. The van der Waals surface area contributed by atoms with Gasteiger partial charge in [-0.3, -0.25) is 4.90 Å². The highest BCUT2D eigenvalue weighted by Crippen LogP contribution is 2.40. The molecule has 1 aliphatic rings. The van der Waals surface area contributed by atoms with Gasteiger partial charge in [0.15, 0.2) is 11.5 Å². The van der Waals surface area contributed by atoms with Gasteiger partial charge in [-0.1, -0.05) is 12.1 Å². The summed E-state index contributed by atoms with van der Waals surface area (Å²) in [7, 11) is 3.09. The summed E-state index contributed by atoms with van der Waals surface area (Å²) < 4.78 is 16.0. The standard InChI is InChI=1S/C19H26N2O4/c1-5-15-18(12(2)20-25-15)14-7-6-8-21(14)11-13-9-16(23-3)19(22)17(10-13)24-4/h9-10,14,22H,5-8,11H2,1-4H3/t14-/m1/s1. The molecule has 2 aromatic rings. The lowest BCUT2D eigenvalue weighted by atomic mass is 10.0. The average molecular weight is 346 g/mol. The topological polar surface area (TPSA) is 68.0 Å². The first-order valence-corrected chi connectivity index (χ1v) is 8.72. The van der Waals surface area contributed by atoms with Crippen LogP contribution in [0.4, 0.5) is 0 Å². The minimum absolute atomic E-state index is 0.0369. The molecule has 1 fully saturated rings. The smallest absolute Gasteiger partial charge is 0.200 e. The number of rotatable bonds is 6. The van der Waals surface area contributed by atoms with E-state index in [9.17, 15) is 5.11 Å². The molecular formula is C19H26N2O4. The summed E-state index contributed by atoms with van der Waals surface area (Å²) in [5.41, 5.74) is 3.26. The summed E-state index contributed by atoms with van der Waals surface area (Å²) in [6.07, 6.45) is 3.09. The number of aryl methyl sites for hydroxylation is 2. The van der Waals surface area contributed by atoms with Crippen molar-refractivity contribution in [2.24, 2.45) is 0 Å². The van der Waals surface area contributed by atoms with Gasteiger partial charge in [0.1, 0.15) is 5.76 Å². The van der Waals surface area contributed by atoms with Crippen molar-refractivity contribution < 1.29 is 19.1 Å². The fourth-order valence-corrected chi connectivity index (χ4v) is 3.72. The minimum Gasteiger partial charge on any atom is -0.502 e. The van der Waals surface area contributed by atoms with Crippen LogP contribution in [0.15, 0.2) is 16.7 Å². The average Bonchev–Trinajstić information content (AvgIpc) is 3.21. The molecular weight excluding hydrogens is 320 g/mol. The third kappa shape index (κ3) is 3.31. The van der Waals surface area contributed by atoms with Gasteiger partial charge in [-0.05, 0) is 44.0 Å². The zero-order valence-corrected chi connectivity index (χ0v) is 15.3. The molecule has 1 aromatic carbocycles. The molecule has 0 radical (unpaired) electrons. The molecule has 1 saturated heterocycles. The van der Waals surface area contributed by atoms with E-state index in [1.165, 1.54) is 5.56 Å². The summed E-state index contributed by atoms with van der Waals surface area (Å²) >= 11 is 0. The molecule has 0 spiro atoms. The Morgan fingerprint density at radius 1 is 1.28 bits per heavy atom. The van der Waals surface area contributed by atoms with Crippen molar-refractivity contribution in [3.63, 3.8) is 0 Å². The van der Waals surface area contributed by atoms with Crippen molar-refractivity contribution in [3.05, 3.63) is 34.7 Å². The normalized spacial score (nSPS) is 17.8. The van der Waals surface area contributed by atoms with E-state index < -0.39 is 0 Å². The number of phenolic OH excluding ortho intramolecular Hbond substituents is 1. The lowest BCUT2D eigenvalue weighted by Crippen LogP contribution is -2.23. The van der Waals surface area contributed by atoms with Gasteiger partial charge in [0.25, 0.3) is 0 Å². The molecule has 0 unspecified atom stereocenters. The maximum Gasteiger partial charge on any atom is 0.200 e. The third-order valence-electron chi connectivity index (χ3n) is 4.93. The molecule has 1 aromatic heterocycles. The number of hydrogen-bond donors (Lipinski definition) is 1. The Kier molecular flexibility index (Phi) is 5.18. The molecule has 1 aliphatic heterocycles. The molecule has 1 atom stereocenters. The van der Waals surface area contributed by atoms with Crippen LogP contribution in [0.25, 0.3) is 0 Å². The van der Waals surface area contributed by atoms with E-state index in [0.717, 1.165) is 49.4 Å². The first-order valence-electron chi connectivity index (χ1n) is 8.72. The molecule has 1 N–H and O–H groups in total. The quantitative estimate of drug-likeness (QED) is 0.862. The molecule has 0 saturated carbocycles. The van der Waals surface area contributed by atoms with Gasteiger partial charge in [-0.2, -0.15) is 0 Å². The highest BCUT2D eigenvalue weighted by atomic mass is 16.5. The van der Waals surface area contributed by atoms with Crippen molar-refractivity contribution in [1.29, 1.82) is 0 Å². The van der Waals surface area contributed by atoms with Crippen molar-refractivity contribution in [3.8, 4) is 17.2 Å². The van der Waals surface area contributed by atoms with E-state index in [-0.39, 0.29) is 5.75 Å². The number of likely N-dealkylation sites (tertiary alicyclic amines) is 1. The molecule has 2 heterocycles. The van der Waals surface area contributed by atoms with Crippen molar-refractivity contribution in [2.75, 3.05) is 20.8 Å². The number of hydrogen-bond acceptors (Lipinski definition) is 6. The van der Waals surface area contributed by atoms with Gasteiger partial charge in [-0.25, -0.2) is 0 Å². The van der Waals surface area contributed by atoms with Crippen LogP contribution in [0.3, 0.4) is 0 Å². The Morgan fingerprint density at radius 3 is 2.56 bits per heavy atom. The summed E-state index contributed by atoms with van der Waals surface area (Å²) in [5.74, 6) is 1.88. The van der Waals surface area contributed by atoms with Crippen LogP contribution < -0.4 is 9.47 Å². The number of ether oxygens (including phenoxy) is 2. The number of benzene rings is 1. The molecule has 136 valence electrons. The fraction of sp³-hybridized carbons (Fsp3) is 0.526. The van der Waals surface area contributed by atoms with Gasteiger partial charge >= 0.3 is 0 Å². The van der Waals surface area contributed by atoms with Crippen LogP contribution in [-0.2, 0) is 13.0 Å². The molecule has 25 heavy (non-hydrogen) atoms. The Hall–Kier alpha value is -2.21. The van der Waals surface area contributed by atoms with Gasteiger partial charge in [0.2, 0.25) is 5.75 Å². The number of methoxy groups -OCH3 is 2. The Balaban J connectivity index is 1.88. The first kappa shape index (κ1) is 17.6. The predicted molar refractivity (Wildman–Crippen MR) is 94.2 cm³/mol. The second-order valence-corrected chi connectivity index (χ2v) is 6.44. The second kappa shape index (κ2) is 7.35. The van der Waals surface area contributed by atoms with Gasteiger partial charge < -0.3 is 19.1 Å². The first-order chi connectivity index (χ1) is 12.1. The van der Waals surface area contributed by atoms with Crippen LogP contribution in [0.5, 0.6) is 17.2 Å². The molecule has 3 rings (SSSR count). The van der Waals surface area contributed by atoms with Gasteiger partial charge in [0.05, 0.1) is 19.9 Å². The highest BCUT2D eigenvalue weighted by Gasteiger charge is 2.31. The highest BCUT2D eigenvalue weighted by molar-refractivity contribution is 5.52. The second-order valence-electron chi connectivity index (χ2n) is 6.44. The van der Waals surface area contributed by atoms with Crippen molar-refractivity contribution >= 4 is 0 Å². The summed E-state index contributed by atoms with van der Waals surface area (Å²) in [4.78, 5) is 2.43. The third-order valence-corrected chi connectivity index (χ3v) is 4.93. The minimum atomic E-state index is 0.0369. The predicted octanol–water partition coefficient (Wildman–Crippen LogP) is 3.61. The van der Waals surface area contributed by atoms with Gasteiger partial charge in [0, 0.05) is 24.6 Å². The molecule has 6 nitrogen and oxygen atoms in total. The number of nitrogens with zero attached hydrogens (tertiary/aromatic N) is 2. The van der Waals surface area contributed by atoms with Crippen LogP contribution >= 0.6 is 0 Å². The molecule has 0 bridgehead atoms. The van der Waals surface area contributed by atoms with E-state index in [1.807, 2.05) is 19.1 Å². The van der Waals surface area contributed by atoms with Crippen molar-refractivity contribution in [2.45, 2.75) is 45.7 Å². The lowest BCUT2D eigenvalue weighted by molar-refractivity contribution is 0.243.